The van der Waals surface area contributed by atoms with Gasteiger partial charge in [0, 0.05) is 18.1 Å². The van der Waals surface area contributed by atoms with Crippen molar-refractivity contribution in [1.29, 1.82) is 0 Å². The van der Waals surface area contributed by atoms with E-state index in [1.54, 1.807) is 0 Å². The van der Waals surface area contributed by atoms with E-state index in [1.807, 2.05) is 0 Å². The Morgan fingerprint density at radius 1 is 0.833 bits per heavy atom. The number of rotatable bonds is 3. The molecule has 0 heterocycles. The van der Waals surface area contributed by atoms with Crippen LogP contribution in [0.4, 0.5) is 13.2 Å². The number of benzene rings is 2. The minimum atomic E-state index is -0.794. The Hall–Kier alpha value is -2.10. The molecule has 0 saturated carbocycles. The summed E-state index contributed by atoms with van der Waals surface area (Å²) in [7, 11) is 0. The molecular formula is C14H9F3O. The second kappa shape index (κ2) is 5.04. The molecule has 18 heavy (non-hydrogen) atoms. The van der Waals surface area contributed by atoms with Gasteiger partial charge in [0.05, 0.1) is 0 Å². The Bertz CT molecular complexity index is 556. The highest BCUT2D eigenvalue weighted by atomic mass is 19.1. The predicted octanol–water partition coefficient (Wildman–Crippen LogP) is 3.53. The number of carbonyl (C=O) groups is 1. The van der Waals surface area contributed by atoms with Crippen LogP contribution in [0.15, 0.2) is 42.5 Å². The number of Topliss-reactive ketones (excluding diaryl/α,β-unsaturated/α-hetero) is 1. The molecule has 4 heteroatoms. The Balaban J connectivity index is 2.19. The van der Waals surface area contributed by atoms with Crippen molar-refractivity contribution in [3.05, 3.63) is 71.0 Å². The van der Waals surface area contributed by atoms with Gasteiger partial charge in [-0.05, 0) is 29.8 Å². The van der Waals surface area contributed by atoms with Gasteiger partial charge >= 0.3 is 0 Å². The quantitative estimate of drug-likeness (QED) is 0.761. The maximum absolute atomic E-state index is 12.9. The van der Waals surface area contributed by atoms with E-state index >= 15 is 0 Å². The molecule has 0 fully saturated rings. The summed E-state index contributed by atoms with van der Waals surface area (Å²) in [6.45, 7) is 0. The SMILES string of the molecule is O=C(Cc1ccc(F)cc1)c1cc(F)cc(F)c1. The molecule has 0 unspecified atom stereocenters. The summed E-state index contributed by atoms with van der Waals surface area (Å²) >= 11 is 0. The lowest BCUT2D eigenvalue weighted by Crippen LogP contribution is -2.04. The largest absolute Gasteiger partial charge is 0.294 e. The van der Waals surface area contributed by atoms with Gasteiger partial charge in [-0.1, -0.05) is 12.1 Å². The first-order chi connectivity index (χ1) is 8.54. The minimum Gasteiger partial charge on any atom is -0.294 e. The van der Waals surface area contributed by atoms with Crippen molar-refractivity contribution in [2.75, 3.05) is 0 Å². The van der Waals surface area contributed by atoms with Crippen LogP contribution in [0.25, 0.3) is 0 Å². The average molecular weight is 250 g/mol. The zero-order valence-electron chi connectivity index (χ0n) is 9.29. The zero-order chi connectivity index (χ0) is 13.1. The number of hydrogen-bond donors (Lipinski definition) is 0. The van der Waals surface area contributed by atoms with Crippen LogP contribution in [-0.2, 0) is 6.42 Å². The van der Waals surface area contributed by atoms with Crippen LogP contribution in [-0.4, -0.2) is 5.78 Å². The number of carbonyl (C=O) groups excluding carboxylic acids is 1. The fourth-order valence-corrected chi connectivity index (χ4v) is 1.60. The number of hydrogen-bond acceptors (Lipinski definition) is 1. The highest BCUT2D eigenvalue weighted by Gasteiger charge is 2.10. The van der Waals surface area contributed by atoms with E-state index in [0.29, 0.717) is 11.6 Å². The van der Waals surface area contributed by atoms with Crippen molar-refractivity contribution in [2.24, 2.45) is 0 Å². The van der Waals surface area contributed by atoms with E-state index in [9.17, 15) is 18.0 Å². The van der Waals surface area contributed by atoms with Crippen molar-refractivity contribution in [2.45, 2.75) is 6.42 Å². The lowest BCUT2D eigenvalue weighted by molar-refractivity contribution is 0.0992. The van der Waals surface area contributed by atoms with Crippen molar-refractivity contribution in [3.8, 4) is 0 Å². The smallest absolute Gasteiger partial charge is 0.167 e. The van der Waals surface area contributed by atoms with Crippen LogP contribution < -0.4 is 0 Å². The molecule has 0 spiro atoms. The molecule has 0 N–H and O–H groups in total. The number of ketones is 1. The van der Waals surface area contributed by atoms with Gasteiger partial charge in [-0.3, -0.25) is 4.79 Å². The van der Waals surface area contributed by atoms with Gasteiger partial charge in [0.25, 0.3) is 0 Å². The third kappa shape index (κ3) is 2.97. The Labute approximate surface area is 102 Å². The molecule has 0 atom stereocenters. The normalized spacial score (nSPS) is 10.4. The van der Waals surface area contributed by atoms with Crippen LogP contribution >= 0.6 is 0 Å². The molecule has 92 valence electrons. The lowest BCUT2D eigenvalue weighted by atomic mass is 10.0. The summed E-state index contributed by atoms with van der Waals surface area (Å²) in [5.41, 5.74) is 0.558. The number of halogens is 3. The van der Waals surface area contributed by atoms with Crippen LogP contribution in [0.1, 0.15) is 15.9 Å². The van der Waals surface area contributed by atoms with Gasteiger partial charge in [-0.25, -0.2) is 13.2 Å². The average Bonchev–Trinajstić information content (AvgIpc) is 2.31. The first kappa shape index (κ1) is 12.4. The fraction of sp³-hybridized carbons (Fsp3) is 0.0714. The molecule has 2 aromatic rings. The summed E-state index contributed by atoms with van der Waals surface area (Å²) in [6, 6.07) is 8.05. The first-order valence-electron chi connectivity index (χ1n) is 5.28. The molecule has 2 aromatic carbocycles. The monoisotopic (exact) mass is 250 g/mol. The van der Waals surface area contributed by atoms with Crippen LogP contribution in [0.3, 0.4) is 0 Å². The topological polar surface area (TPSA) is 17.1 Å². The first-order valence-corrected chi connectivity index (χ1v) is 5.28. The van der Waals surface area contributed by atoms with Gasteiger partial charge in [-0.2, -0.15) is 0 Å². The molecule has 0 amide bonds. The molecule has 0 aliphatic rings. The van der Waals surface area contributed by atoms with Crippen molar-refractivity contribution in [1.82, 2.24) is 0 Å². The maximum Gasteiger partial charge on any atom is 0.167 e. The Morgan fingerprint density at radius 3 is 1.94 bits per heavy atom. The maximum atomic E-state index is 12.9. The molecular weight excluding hydrogens is 241 g/mol. The van der Waals surface area contributed by atoms with Crippen LogP contribution in [0.2, 0.25) is 0 Å². The van der Waals surface area contributed by atoms with Gasteiger partial charge in [0.1, 0.15) is 17.5 Å². The molecule has 0 saturated heterocycles. The van der Waals surface area contributed by atoms with Gasteiger partial charge in [0.15, 0.2) is 5.78 Å². The second-order valence-electron chi connectivity index (χ2n) is 3.88. The lowest BCUT2D eigenvalue weighted by Gasteiger charge is -2.02. The summed E-state index contributed by atoms with van der Waals surface area (Å²) in [5, 5.41) is 0. The predicted molar refractivity (Wildman–Crippen MR) is 60.8 cm³/mol. The highest BCUT2D eigenvalue weighted by Crippen LogP contribution is 2.12. The Morgan fingerprint density at radius 2 is 1.39 bits per heavy atom. The van der Waals surface area contributed by atoms with Gasteiger partial charge < -0.3 is 0 Å². The van der Waals surface area contributed by atoms with Gasteiger partial charge in [-0.15, -0.1) is 0 Å². The van der Waals surface area contributed by atoms with E-state index in [1.165, 1.54) is 24.3 Å². The summed E-state index contributed by atoms with van der Waals surface area (Å²) in [6.07, 6.45) is -0.0246. The molecule has 1 nitrogen and oxygen atoms in total. The summed E-state index contributed by atoms with van der Waals surface area (Å²) in [5.74, 6) is -2.40. The summed E-state index contributed by atoms with van der Waals surface area (Å²) in [4.78, 5) is 11.8. The van der Waals surface area contributed by atoms with Crippen molar-refractivity contribution >= 4 is 5.78 Å². The third-order valence-corrected chi connectivity index (χ3v) is 2.46. The second-order valence-corrected chi connectivity index (χ2v) is 3.88. The molecule has 2 rings (SSSR count). The van der Waals surface area contributed by atoms with E-state index in [2.05, 4.69) is 0 Å². The zero-order valence-corrected chi connectivity index (χ0v) is 9.29. The van der Waals surface area contributed by atoms with E-state index in [0.717, 1.165) is 12.1 Å². The van der Waals surface area contributed by atoms with E-state index < -0.39 is 23.2 Å². The minimum absolute atomic E-state index is 0.0246. The van der Waals surface area contributed by atoms with E-state index in [-0.39, 0.29) is 12.0 Å². The molecule has 0 aliphatic heterocycles. The summed E-state index contributed by atoms with van der Waals surface area (Å²) < 4.78 is 38.5. The molecule has 0 aliphatic carbocycles. The standard InChI is InChI=1S/C14H9F3O/c15-11-3-1-9(2-4-11)5-14(18)10-6-12(16)8-13(17)7-10/h1-4,6-8H,5H2. The van der Waals surface area contributed by atoms with Crippen LogP contribution in [0, 0.1) is 17.5 Å². The van der Waals surface area contributed by atoms with Gasteiger partial charge in [0.2, 0.25) is 0 Å². The van der Waals surface area contributed by atoms with Crippen molar-refractivity contribution < 1.29 is 18.0 Å². The fourth-order valence-electron chi connectivity index (χ4n) is 1.60. The molecule has 0 bridgehead atoms. The molecule has 0 radical (unpaired) electrons. The van der Waals surface area contributed by atoms with Crippen molar-refractivity contribution in [3.63, 3.8) is 0 Å². The molecule has 0 aromatic heterocycles. The van der Waals surface area contributed by atoms with Crippen LogP contribution in [0.5, 0.6) is 0 Å². The highest BCUT2D eigenvalue weighted by molar-refractivity contribution is 5.97. The third-order valence-electron chi connectivity index (χ3n) is 2.46. The van der Waals surface area contributed by atoms with E-state index in [4.69, 9.17) is 0 Å². The Kier molecular flexibility index (Phi) is 3.46.